The molecule has 0 bridgehead atoms. The van der Waals surface area contributed by atoms with Crippen molar-refractivity contribution in [3.63, 3.8) is 0 Å². The van der Waals surface area contributed by atoms with Gasteiger partial charge in [0.2, 0.25) is 0 Å². The molecule has 4 heteroatoms. The van der Waals surface area contributed by atoms with Gasteiger partial charge in [0, 0.05) is 24.5 Å². The van der Waals surface area contributed by atoms with E-state index in [9.17, 15) is 9.18 Å². The van der Waals surface area contributed by atoms with Gasteiger partial charge in [-0.3, -0.25) is 4.79 Å². The van der Waals surface area contributed by atoms with Crippen LogP contribution in [0.2, 0.25) is 0 Å². The van der Waals surface area contributed by atoms with Gasteiger partial charge in [-0.05, 0) is 73.1 Å². The predicted octanol–water partition coefficient (Wildman–Crippen LogP) is 6.56. The lowest BCUT2D eigenvalue weighted by atomic mass is 9.96. The van der Waals surface area contributed by atoms with Gasteiger partial charge < -0.3 is 9.30 Å². The van der Waals surface area contributed by atoms with Crippen molar-refractivity contribution in [1.29, 1.82) is 0 Å². The number of aryl methyl sites for hydroxylation is 2. The summed E-state index contributed by atoms with van der Waals surface area (Å²) in [6.45, 7) is 4.79. The molecule has 0 spiro atoms. The average Bonchev–Trinajstić information content (AvgIpc) is 3.40. The molecule has 0 amide bonds. The van der Waals surface area contributed by atoms with Crippen molar-refractivity contribution >= 4 is 16.7 Å². The monoisotopic (exact) mass is 407 g/mol. The predicted molar refractivity (Wildman–Crippen MR) is 119 cm³/mol. The minimum atomic E-state index is -0.102. The Labute approximate surface area is 177 Å². The van der Waals surface area contributed by atoms with Crippen LogP contribution < -0.4 is 4.74 Å². The van der Waals surface area contributed by atoms with E-state index in [0.29, 0.717) is 25.5 Å². The molecule has 3 aromatic rings. The molecule has 3 nitrogen and oxygen atoms in total. The summed E-state index contributed by atoms with van der Waals surface area (Å²) in [6, 6.07) is 11.7. The number of rotatable bonds is 8. The molecule has 1 aliphatic rings. The Morgan fingerprint density at radius 1 is 1.17 bits per heavy atom. The number of carbonyl (C=O) groups is 1. The maximum Gasteiger partial charge on any atom is 0.131 e. The number of hydrogen-bond acceptors (Lipinski definition) is 2. The van der Waals surface area contributed by atoms with Crippen LogP contribution in [-0.4, -0.2) is 10.4 Å². The molecule has 0 saturated heterocycles. The highest BCUT2D eigenvalue weighted by Crippen LogP contribution is 2.35. The van der Waals surface area contributed by atoms with Crippen LogP contribution >= 0.6 is 0 Å². The molecule has 4 rings (SSSR count). The smallest absolute Gasteiger partial charge is 0.131 e. The van der Waals surface area contributed by atoms with Gasteiger partial charge in [0.25, 0.3) is 0 Å². The van der Waals surface area contributed by atoms with E-state index in [4.69, 9.17) is 4.74 Å². The minimum Gasteiger partial charge on any atom is -0.489 e. The second-order valence-corrected chi connectivity index (χ2v) is 8.46. The third-order valence-corrected chi connectivity index (χ3v) is 6.26. The Kier molecular flexibility index (Phi) is 6.21. The van der Waals surface area contributed by atoms with E-state index in [1.54, 1.807) is 13.0 Å². The quantitative estimate of drug-likeness (QED) is 0.423. The van der Waals surface area contributed by atoms with E-state index in [1.165, 1.54) is 18.4 Å². The van der Waals surface area contributed by atoms with Gasteiger partial charge in [-0.2, -0.15) is 0 Å². The van der Waals surface area contributed by atoms with Crippen LogP contribution in [0.25, 0.3) is 10.9 Å². The molecule has 1 heterocycles. The lowest BCUT2D eigenvalue weighted by Crippen LogP contribution is -2.03. The number of fused-ring (bicyclic) bond motifs is 1. The van der Waals surface area contributed by atoms with E-state index >= 15 is 0 Å². The van der Waals surface area contributed by atoms with Crippen molar-refractivity contribution in [2.45, 2.75) is 71.4 Å². The Bertz CT molecular complexity index is 1050. The number of carbonyl (C=O) groups excluding carboxylic acids is 1. The van der Waals surface area contributed by atoms with Crippen LogP contribution in [0.1, 0.15) is 68.6 Å². The molecular formula is C26H30FNO2. The fraction of sp³-hybridized carbons (Fsp3) is 0.423. The van der Waals surface area contributed by atoms with Crippen molar-refractivity contribution < 1.29 is 13.9 Å². The van der Waals surface area contributed by atoms with E-state index in [1.807, 2.05) is 24.4 Å². The highest BCUT2D eigenvalue weighted by molar-refractivity contribution is 5.85. The Morgan fingerprint density at radius 3 is 2.67 bits per heavy atom. The first-order valence-corrected chi connectivity index (χ1v) is 11.1. The molecule has 30 heavy (non-hydrogen) atoms. The highest BCUT2D eigenvalue weighted by Gasteiger charge is 2.20. The summed E-state index contributed by atoms with van der Waals surface area (Å²) in [5, 5.41) is 1.11. The van der Waals surface area contributed by atoms with E-state index in [2.05, 4.69) is 23.6 Å². The first-order chi connectivity index (χ1) is 14.5. The van der Waals surface area contributed by atoms with Gasteiger partial charge in [-0.25, -0.2) is 4.39 Å². The molecule has 0 N–H and O–H groups in total. The van der Waals surface area contributed by atoms with E-state index in [-0.39, 0.29) is 11.6 Å². The SMILES string of the molecule is CCc1cc(OCc2ccc(C3CCCC3)c(F)c2)cc2ccn(CCC(C)=O)c12. The first-order valence-electron chi connectivity index (χ1n) is 11.1. The van der Waals surface area contributed by atoms with E-state index in [0.717, 1.165) is 47.0 Å². The molecule has 0 aliphatic heterocycles. The Balaban J connectivity index is 1.50. The topological polar surface area (TPSA) is 31.2 Å². The van der Waals surface area contributed by atoms with Crippen molar-refractivity contribution in [3.05, 3.63) is 65.1 Å². The Morgan fingerprint density at radius 2 is 1.97 bits per heavy atom. The van der Waals surface area contributed by atoms with Gasteiger partial charge in [0.1, 0.15) is 24.0 Å². The molecule has 1 saturated carbocycles. The molecule has 0 atom stereocenters. The molecule has 1 aliphatic carbocycles. The van der Waals surface area contributed by atoms with Crippen LogP contribution in [-0.2, 0) is 24.4 Å². The molecule has 2 aromatic carbocycles. The number of ketones is 1. The summed E-state index contributed by atoms with van der Waals surface area (Å²) in [6.07, 6.45) is 8.04. The van der Waals surface area contributed by atoms with Gasteiger partial charge in [-0.1, -0.05) is 31.9 Å². The van der Waals surface area contributed by atoms with Gasteiger partial charge in [0.15, 0.2) is 0 Å². The third-order valence-electron chi connectivity index (χ3n) is 6.26. The van der Waals surface area contributed by atoms with Crippen LogP contribution in [0.4, 0.5) is 4.39 Å². The first kappa shape index (κ1) is 20.6. The summed E-state index contributed by atoms with van der Waals surface area (Å²) < 4.78 is 22.8. The number of Topliss-reactive ketones (excluding diaryl/α,β-unsaturated/α-hetero) is 1. The van der Waals surface area contributed by atoms with Crippen LogP contribution in [0.3, 0.4) is 0 Å². The molecule has 0 unspecified atom stereocenters. The molecule has 1 aromatic heterocycles. The average molecular weight is 408 g/mol. The summed E-state index contributed by atoms with van der Waals surface area (Å²) >= 11 is 0. The summed E-state index contributed by atoms with van der Waals surface area (Å²) in [5.41, 5.74) is 4.07. The molecule has 0 radical (unpaired) electrons. The third kappa shape index (κ3) is 4.43. The number of ether oxygens (including phenoxy) is 1. The molecule has 1 fully saturated rings. The maximum atomic E-state index is 14.6. The van der Waals surface area contributed by atoms with Crippen molar-refractivity contribution in [1.82, 2.24) is 4.57 Å². The van der Waals surface area contributed by atoms with Crippen LogP contribution in [0.5, 0.6) is 5.75 Å². The fourth-order valence-electron chi connectivity index (χ4n) is 4.62. The molecular weight excluding hydrogens is 377 g/mol. The number of hydrogen-bond donors (Lipinski definition) is 0. The zero-order valence-corrected chi connectivity index (χ0v) is 17.9. The standard InChI is InChI=1S/C26H30FNO2/c1-3-20-15-23(16-22-11-13-28(26(20)22)12-10-18(2)29)30-17-19-8-9-24(25(27)14-19)21-6-4-5-7-21/h8-9,11,13-16,21H,3-7,10,12,17H2,1-2H3. The zero-order chi connectivity index (χ0) is 21.1. The second-order valence-electron chi connectivity index (χ2n) is 8.46. The molecule has 158 valence electrons. The summed E-state index contributed by atoms with van der Waals surface area (Å²) in [4.78, 5) is 11.4. The van der Waals surface area contributed by atoms with Crippen molar-refractivity contribution in [2.24, 2.45) is 0 Å². The lowest BCUT2D eigenvalue weighted by Gasteiger charge is -2.14. The number of aromatic nitrogens is 1. The zero-order valence-electron chi connectivity index (χ0n) is 17.9. The van der Waals surface area contributed by atoms with Crippen LogP contribution in [0, 0.1) is 5.82 Å². The largest absolute Gasteiger partial charge is 0.489 e. The number of benzene rings is 2. The van der Waals surface area contributed by atoms with Gasteiger partial charge >= 0.3 is 0 Å². The second kappa shape index (κ2) is 9.03. The van der Waals surface area contributed by atoms with Crippen LogP contribution in [0.15, 0.2) is 42.6 Å². The number of nitrogens with zero attached hydrogens (tertiary/aromatic N) is 1. The minimum absolute atomic E-state index is 0.102. The van der Waals surface area contributed by atoms with Gasteiger partial charge in [0.05, 0.1) is 5.52 Å². The van der Waals surface area contributed by atoms with Crippen molar-refractivity contribution in [2.75, 3.05) is 0 Å². The maximum absolute atomic E-state index is 14.6. The summed E-state index contributed by atoms with van der Waals surface area (Å²) in [5.74, 6) is 1.27. The van der Waals surface area contributed by atoms with Crippen molar-refractivity contribution in [3.8, 4) is 5.75 Å². The van der Waals surface area contributed by atoms with Gasteiger partial charge in [-0.15, -0.1) is 0 Å². The lowest BCUT2D eigenvalue weighted by molar-refractivity contribution is -0.117. The summed E-state index contributed by atoms with van der Waals surface area (Å²) in [7, 11) is 0. The highest BCUT2D eigenvalue weighted by atomic mass is 19.1. The number of halogens is 1. The van der Waals surface area contributed by atoms with E-state index < -0.39 is 0 Å². The Hall–Kier alpha value is -2.62. The normalized spacial score (nSPS) is 14.5. The fourth-order valence-corrected chi connectivity index (χ4v) is 4.62.